The van der Waals surface area contributed by atoms with Crippen LogP contribution in [-0.2, 0) is 6.18 Å². The zero-order chi connectivity index (χ0) is 13.8. The molecule has 1 aromatic carbocycles. The van der Waals surface area contributed by atoms with Gasteiger partial charge in [-0.2, -0.15) is 18.4 Å². The number of nitriles is 1. The molecule has 0 heterocycles. The van der Waals surface area contributed by atoms with E-state index in [0.717, 1.165) is 18.6 Å². The lowest BCUT2D eigenvalue weighted by Gasteiger charge is -2.17. The van der Waals surface area contributed by atoms with Crippen LogP contribution in [0.4, 0.5) is 13.2 Å². The van der Waals surface area contributed by atoms with Gasteiger partial charge in [0.1, 0.15) is 6.04 Å². The van der Waals surface area contributed by atoms with Crippen LogP contribution < -0.4 is 5.32 Å². The van der Waals surface area contributed by atoms with E-state index in [1.54, 1.807) is 0 Å². The Morgan fingerprint density at radius 3 is 2.22 bits per heavy atom. The highest BCUT2D eigenvalue weighted by atomic mass is 19.4. The van der Waals surface area contributed by atoms with Crippen LogP contribution in [0.1, 0.15) is 37.4 Å². The molecule has 0 aliphatic heterocycles. The van der Waals surface area contributed by atoms with Crippen molar-refractivity contribution in [1.29, 1.82) is 5.26 Å². The molecule has 0 saturated carbocycles. The largest absolute Gasteiger partial charge is 0.416 e. The number of nitrogens with zero attached hydrogens (tertiary/aromatic N) is 1. The minimum atomic E-state index is -4.34. The molecule has 98 valence electrons. The average Bonchev–Trinajstić information content (AvgIpc) is 2.34. The van der Waals surface area contributed by atoms with Crippen LogP contribution in [0, 0.1) is 11.3 Å². The molecule has 0 aliphatic rings. The highest BCUT2D eigenvalue weighted by Gasteiger charge is 2.30. The van der Waals surface area contributed by atoms with Gasteiger partial charge in [0.25, 0.3) is 0 Å². The number of benzene rings is 1. The minimum absolute atomic E-state index is 0.136. The summed E-state index contributed by atoms with van der Waals surface area (Å²) in [6.45, 7) is 3.90. The predicted octanol–water partition coefficient (Wildman–Crippen LogP) is 3.66. The third-order valence-electron chi connectivity index (χ3n) is 2.76. The molecule has 2 atom stereocenters. The van der Waals surface area contributed by atoms with Crippen molar-refractivity contribution in [2.45, 2.75) is 38.5 Å². The van der Waals surface area contributed by atoms with Gasteiger partial charge < -0.3 is 0 Å². The molecule has 0 amide bonds. The third-order valence-corrected chi connectivity index (χ3v) is 2.76. The van der Waals surface area contributed by atoms with Crippen LogP contribution in [0.3, 0.4) is 0 Å². The zero-order valence-electron chi connectivity index (χ0n) is 10.3. The van der Waals surface area contributed by atoms with Gasteiger partial charge in [-0.3, -0.25) is 5.32 Å². The van der Waals surface area contributed by atoms with Crippen LogP contribution in [0.25, 0.3) is 0 Å². The van der Waals surface area contributed by atoms with E-state index in [0.29, 0.717) is 5.56 Å². The fraction of sp³-hybridized carbons (Fsp3) is 0.462. The Hall–Kier alpha value is -1.54. The predicted molar refractivity (Wildman–Crippen MR) is 62.7 cm³/mol. The summed E-state index contributed by atoms with van der Waals surface area (Å²) in [6, 6.07) is 6.28. The summed E-state index contributed by atoms with van der Waals surface area (Å²) < 4.78 is 37.2. The summed E-state index contributed by atoms with van der Waals surface area (Å²) in [7, 11) is 0. The number of rotatable bonds is 4. The Labute approximate surface area is 104 Å². The average molecular weight is 256 g/mol. The van der Waals surface area contributed by atoms with Gasteiger partial charge in [0, 0.05) is 6.04 Å². The summed E-state index contributed by atoms with van der Waals surface area (Å²) in [5, 5.41) is 12.1. The van der Waals surface area contributed by atoms with Crippen LogP contribution >= 0.6 is 0 Å². The molecule has 1 rings (SSSR count). The van der Waals surface area contributed by atoms with Crippen molar-refractivity contribution in [3.05, 3.63) is 35.4 Å². The lowest BCUT2D eigenvalue weighted by Crippen LogP contribution is -2.29. The van der Waals surface area contributed by atoms with E-state index in [-0.39, 0.29) is 6.04 Å². The van der Waals surface area contributed by atoms with Crippen LogP contribution in [0.5, 0.6) is 0 Å². The second kappa shape index (κ2) is 5.87. The van der Waals surface area contributed by atoms with E-state index < -0.39 is 17.8 Å². The summed E-state index contributed by atoms with van der Waals surface area (Å²) in [5.41, 5.74) is -0.155. The van der Waals surface area contributed by atoms with Gasteiger partial charge in [0.2, 0.25) is 0 Å². The maximum absolute atomic E-state index is 12.4. The van der Waals surface area contributed by atoms with Crippen molar-refractivity contribution in [2.75, 3.05) is 0 Å². The second-order valence-electron chi connectivity index (χ2n) is 4.16. The molecule has 2 unspecified atom stereocenters. The number of alkyl halides is 3. The molecule has 1 aromatic rings. The second-order valence-corrected chi connectivity index (χ2v) is 4.16. The molecule has 5 heteroatoms. The SMILES string of the molecule is CCC(C)NC(C#N)c1ccc(C(F)(F)F)cc1. The van der Waals surface area contributed by atoms with Gasteiger partial charge in [0.15, 0.2) is 0 Å². The van der Waals surface area contributed by atoms with Gasteiger partial charge in [0.05, 0.1) is 11.6 Å². The maximum Gasteiger partial charge on any atom is 0.416 e. The molecule has 0 saturated heterocycles. The highest BCUT2D eigenvalue weighted by molar-refractivity contribution is 5.29. The summed E-state index contributed by atoms with van der Waals surface area (Å²) in [4.78, 5) is 0. The molecule has 2 nitrogen and oxygen atoms in total. The molecule has 0 radical (unpaired) electrons. The van der Waals surface area contributed by atoms with Crippen molar-refractivity contribution >= 4 is 0 Å². The third kappa shape index (κ3) is 3.74. The van der Waals surface area contributed by atoms with E-state index in [1.165, 1.54) is 12.1 Å². The van der Waals surface area contributed by atoms with Crippen molar-refractivity contribution in [3.8, 4) is 6.07 Å². The Kier molecular flexibility index (Phi) is 4.74. The fourth-order valence-electron chi connectivity index (χ4n) is 1.47. The van der Waals surface area contributed by atoms with E-state index in [1.807, 2.05) is 19.9 Å². The molecule has 1 N–H and O–H groups in total. The smallest absolute Gasteiger partial charge is 0.296 e. The molecule has 0 aromatic heterocycles. The van der Waals surface area contributed by atoms with Crippen molar-refractivity contribution in [2.24, 2.45) is 0 Å². The summed E-state index contributed by atoms with van der Waals surface area (Å²) in [6.07, 6.45) is -3.50. The van der Waals surface area contributed by atoms with E-state index in [9.17, 15) is 13.2 Å². The maximum atomic E-state index is 12.4. The molecule has 0 spiro atoms. The highest BCUT2D eigenvalue weighted by Crippen LogP contribution is 2.29. The number of hydrogen-bond donors (Lipinski definition) is 1. The van der Waals surface area contributed by atoms with Crippen LogP contribution in [-0.4, -0.2) is 6.04 Å². The normalized spacial score (nSPS) is 14.9. The fourth-order valence-corrected chi connectivity index (χ4v) is 1.47. The molecular weight excluding hydrogens is 241 g/mol. The van der Waals surface area contributed by atoms with Crippen LogP contribution in [0.15, 0.2) is 24.3 Å². The number of nitrogens with one attached hydrogen (secondary N) is 1. The topological polar surface area (TPSA) is 35.8 Å². The number of halogens is 3. The Morgan fingerprint density at radius 2 is 1.83 bits per heavy atom. The quantitative estimate of drug-likeness (QED) is 0.892. The molecular formula is C13H15F3N2. The van der Waals surface area contributed by atoms with Gasteiger partial charge >= 0.3 is 6.18 Å². The van der Waals surface area contributed by atoms with Gasteiger partial charge in [-0.1, -0.05) is 19.1 Å². The first kappa shape index (κ1) is 14.5. The molecule has 0 bridgehead atoms. The van der Waals surface area contributed by atoms with Crippen molar-refractivity contribution < 1.29 is 13.2 Å². The van der Waals surface area contributed by atoms with E-state index in [2.05, 4.69) is 5.32 Å². The van der Waals surface area contributed by atoms with Gasteiger partial charge in [-0.05, 0) is 31.0 Å². The lowest BCUT2D eigenvalue weighted by atomic mass is 10.0. The summed E-state index contributed by atoms with van der Waals surface area (Å²) >= 11 is 0. The monoisotopic (exact) mass is 256 g/mol. The van der Waals surface area contributed by atoms with E-state index >= 15 is 0 Å². The first-order valence-corrected chi connectivity index (χ1v) is 5.71. The Morgan fingerprint density at radius 1 is 1.28 bits per heavy atom. The van der Waals surface area contributed by atoms with Crippen molar-refractivity contribution in [3.63, 3.8) is 0 Å². The molecule has 0 fully saturated rings. The standard InChI is InChI=1S/C13H15F3N2/c1-3-9(2)18-12(8-17)10-4-6-11(7-5-10)13(14,15)16/h4-7,9,12,18H,3H2,1-2H3. The lowest BCUT2D eigenvalue weighted by molar-refractivity contribution is -0.137. The van der Waals surface area contributed by atoms with Gasteiger partial charge in [-0.25, -0.2) is 0 Å². The first-order valence-electron chi connectivity index (χ1n) is 5.71. The summed E-state index contributed by atoms with van der Waals surface area (Å²) in [5.74, 6) is 0. The minimum Gasteiger partial charge on any atom is -0.296 e. The zero-order valence-corrected chi connectivity index (χ0v) is 10.3. The Balaban J connectivity index is 2.86. The van der Waals surface area contributed by atoms with E-state index in [4.69, 9.17) is 5.26 Å². The van der Waals surface area contributed by atoms with Gasteiger partial charge in [-0.15, -0.1) is 0 Å². The van der Waals surface area contributed by atoms with Crippen molar-refractivity contribution in [1.82, 2.24) is 5.32 Å². The Bertz CT molecular complexity index is 417. The first-order chi connectivity index (χ1) is 8.38. The number of hydrogen-bond acceptors (Lipinski definition) is 2. The molecule has 18 heavy (non-hydrogen) atoms. The molecule has 0 aliphatic carbocycles. The van der Waals surface area contributed by atoms with Crippen LogP contribution in [0.2, 0.25) is 0 Å².